The van der Waals surface area contributed by atoms with Crippen molar-refractivity contribution in [3.63, 3.8) is 0 Å². The SMILES string of the molecule is CNC(=O)C(C)CC(C)C(=O)O. The minimum Gasteiger partial charge on any atom is -0.481 e. The van der Waals surface area contributed by atoms with Crippen LogP contribution in [0.25, 0.3) is 0 Å². The molecule has 0 aromatic rings. The van der Waals surface area contributed by atoms with E-state index >= 15 is 0 Å². The second kappa shape index (κ2) is 4.74. The summed E-state index contributed by atoms with van der Waals surface area (Å²) in [5.74, 6) is -1.66. The van der Waals surface area contributed by atoms with Crippen molar-refractivity contribution in [1.29, 1.82) is 0 Å². The highest BCUT2D eigenvalue weighted by atomic mass is 16.4. The van der Waals surface area contributed by atoms with Gasteiger partial charge >= 0.3 is 5.97 Å². The summed E-state index contributed by atoms with van der Waals surface area (Å²) in [5, 5.41) is 11.0. The Labute approximate surface area is 72.0 Å². The van der Waals surface area contributed by atoms with E-state index in [4.69, 9.17) is 5.11 Å². The maximum Gasteiger partial charge on any atom is 0.306 e. The molecule has 0 fully saturated rings. The zero-order valence-electron chi connectivity index (χ0n) is 7.63. The van der Waals surface area contributed by atoms with Gasteiger partial charge in [0.05, 0.1) is 5.92 Å². The number of nitrogens with one attached hydrogen (secondary N) is 1. The van der Waals surface area contributed by atoms with Crippen LogP contribution in [0.15, 0.2) is 0 Å². The van der Waals surface area contributed by atoms with Crippen molar-refractivity contribution in [3.8, 4) is 0 Å². The number of hydrogen-bond acceptors (Lipinski definition) is 2. The van der Waals surface area contributed by atoms with Crippen LogP contribution in [-0.2, 0) is 9.59 Å². The number of hydrogen-bond donors (Lipinski definition) is 2. The Hall–Kier alpha value is -1.06. The van der Waals surface area contributed by atoms with Gasteiger partial charge in [-0.2, -0.15) is 0 Å². The van der Waals surface area contributed by atoms with E-state index in [1.807, 2.05) is 0 Å². The fourth-order valence-electron chi connectivity index (χ4n) is 0.985. The summed E-state index contributed by atoms with van der Waals surface area (Å²) in [6.07, 6.45) is 0.384. The van der Waals surface area contributed by atoms with Crippen LogP contribution in [0.5, 0.6) is 0 Å². The van der Waals surface area contributed by atoms with Crippen molar-refractivity contribution >= 4 is 11.9 Å². The van der Waals surface area contributed by atoms with Crippen molar-refractivity contribution in [3.05, 3.63) is 0 Å². The Morgan fingerprint density at radius 1 is 1.33 bits per heavy atom. The lowest BCUT2D eigenvalue weighted by atomic mass is 9.97. The first-order valence-corrected chi connectivity index (χ1v) is 3.93. The van der Waals surface area contributed by atoms with Gasteiger partial charge in [-0.15, -0.1) is 0 Å². The average Bonchev–Trinajstić information content (AvgIpc) is 2.02. The second-order valence-corrected chi connectivity index (χ2v) is 2.99. The number of carbonyl (C=O) groups is 2. The highest BCUT2D eigenvalue weighted by Crippen LogP contribution is 2.11. The number of aliphatic carboxylic acids is 1. The van der Waals surface area contributed by atoms with E-state index in [0.29, 0.717) is 6.42 Å². The van der Waals surface area contributed by atoms with Crippen molar-refractivity contribution in [2.45, 2.75) is 20.3 Å². The molecule has 12 heavy (non-hydrogen) atoms. The molecule has 4 nitrogen and oxygen atoms in total. The maximum absolute atomic E-state index is 11.0. The van der Waals surface area contributed by atoms with Crippen LogP contribution in [0.2, 0.25) is 0 Å². The van der Waals surface area contributed by atoms with Crippen LogP contribution in [0.1, 0.15) is 20.3 Å². The predicted octanol–water partition coefficient (Wildman–Crippen LogP) is 0.479. The third-order valence-electron chi connectivity index (χ3n) is 1.82. The minimum absolute atomic E-state index is 0.108. The standard InChI is InChI=1S/C8H15NO3/c1-5(7(10)9-3)4-6(2)8(11)12/h5-6H,4H2,1-3H3,(H,9,10)(H,11,12). The molecular formula is C8H15NO3. The molecule has 0 heterocycles. The molecule has 0 aromatic carbocycles. The summed E-state index contributed by atoms with van der Waals surface area (Å²) >= 11 is 0. The normalized spacial score (nSPS) is 14.9. The van der Waals surface area contributed by atoms with E-state index in [9.17, 15) is 9.59 Å². The zero-order chi connectivity index (χ0) is 9.72. The third kappa shape index (κ3) is 3.37. The lowest BCUT2D eigenvalue weighted by Gasteiger charge is -2.11. The number of carbonyl (C=O) groups excluding carboxylic acids is 1. The third-order valence-corrected chi connectivity index (χ3v) is 1.82. The highest BCUT2D eigenvalue weighted by Gasteiger charge is 2.19. The van der Waals surface area contributed by atoms with Crippen LogP contribution in [0.4, 0.5) is 0 Å². The molecule has 0 aliphatic carbocycles. The Kier molecular flexibility index (Phi) is 4.33. The van der Waals surface area contributed by atoms with E-state index in [0.717, 1.165) is 0 Å². The fourth-order valence-corrected chi connectivity index (χ4v) is 0.985. The Bertz CT molecular complexity index is 179. The Morgan fingerprint density at radius 3 is 2.17 bits per heavy atom. The van der Waals surface area contributed by atoms with Crippen molar-refractivity contribution in [2.75, 3.05) is 7.05 Å². The smallest absolute Gasteiger partial charge is 0.306 e. The Morgan fingerprint density at radius 2 is 1.83 bits per heavy atom. The summed E-state index contributed by atoms with van der Waals surface area (Å²) in [5.41, 5.74) is 0. The van der Waals surface area contributed by atoms with Crippen LogP contribution < -0.4 is 5.32 Å². The van der Waals surface area contributed by atoms with Crippen LogP contribution in [-0.4, -0.2) is 24.0 Å². The number of carboxylic acids is 1. The quantitative estimate of drug-likeness (QED) is 0.649. The van der Waals surface area contributed by atoms with E-state index < -0.39 is 11.9 Å². The second-order valence-electron chi connectivity index (χ2n) is 2.99. The molecule has 2 N–H and O–H groups in total. The Balaban J connectivity index is 3.91. The van der Waals surface area contributed by atoms with E-state index in [2.05, 4.69) is 5.32 Å². The first-order chi connectivity index (χ1) is 5.49. The van der Waals surface area contributed by atoms with Crippen LogP contribution in [0, 0.1) is 11.8 Å². The largest absolute Gasteiger partial charge is 0.481 e. The zero-order valence-corrected chi connectivity index (χ0v) is 7.63. The molecule has 4 heteroatoms. The van der Waals surface area contributed by atoms with Gasteiger partial charge in [0.15, 0.2) is 0 Å². The summed E-state index contributed by atoms with van der Waals surface area (Å²) in [6, 6.07) is 0. The molecule has 0 radical (unpaired) electrons. The summed E-state index contributed by atoms with van der Waals surface area (Å²) in [4.78, 5) is 21.4. The van der Waals surface area contributed by atoms with Crippen LogP contribution >= 0.6 is 0 Å². The lowest BCUT2D eigenvalue weighted by Crippen LogP contribution is -2.28. The maximum atomic E-state index is 11.0. The molecule has 0 saturated carbocycles. The molecule has 2 atom stereocenters. The van der Waals surface area contributed by atoms with Crippen LogP contribution in [0.3, 0.4) is 0 Å². The van der Waals surface area contributed by atoms with Gasteiger partial charge < -0.3 is 10.4 Å². The monoisotopic (exact) mass is 173 g/mol. The number of carboxylic acid groups (broad SMARTS) is 1. The van der Waals surface area contributed by atoms with Gasteiger partial charge in [0.2, 0.25) is 5.91 Å². The molecule has 1 amide bonds. The summed E-state index contributed by atoms with van der Waals surface area (Å²) < 4.78 is 0. The van der Waals surface area contributed by atoms with Crippen molar-refractivity contribution in [1.82, 2.24) is 5.32 Å². The molecule has 70 valence electrons. The molecule has 0 spiro atoms. The van der Waals surface area contributed by atoms with Gasteiger partial charge in [0.1, 0.15) is 0 Å². The molecule has 2 unspecified atom stereocenters. The molecular weight excluding hydrogens is 158 g/mol. The number of rotatable bonds is 4. The van der Waals surface area contributed by atoms with Gasteiger partial charge in [0, 0.05) is 13.0 Å². The highest BCUT2D eigenvalue weighted by molar-refractivity contribution is 5.79. The minimum atomic E-state index is -0.856. The van der Waals surface area contributed by atoms with Gasteiger partial charge in [-0.3, -0.25) is 9.59 Å². The van der Waals surface area contributed by atoms with Gasteiger partial charge in [0.25, 0.3) is 0 Å². The molecule has 0 aliphatic rings. The lowest BCUT2D eigenvalue weighted by molar-refractivity contribution is -0.141. The molecule has 0 saturated heterocycles. The van der Waals surface area contributed by atoms with E-state index in [1.165, 1.54) is 0 Å². The molecule has 0 aromatic heterocycles. The molecule has 0 bridgehead atoms. The average molecular weight is 173 g/mol. The first-order valence-electron chi connectivity index (χ1n) is 3.93. The topological polar surface area (TPSA) is 66.4 Å². The van der Waals surface area contributed by atoms with Gasteiger partial charge in [-0.25, -0.2) is 0 Å². The van der Waals surface area contributed by atoms with Crippen molar-refractivity contribution < 1.29 is 14.7 Å². The van der Waals surface area contributed by atoms with E-state index in [-0.39, 0.29) is 11.8 Å². The van der Waals surface area contributed by atoms with E-state index in [1.54, 1.807) is 20.9 Å². The molecule has 0 rings (SSSR count). The summed E-state index contributed by atoms with van der Waals surface area (Å²) in [7, 11) is 1.55. The fraction of sp³-hybridized carbons (Fsp3) is 0.750. The van der Waals surface area contributed by atoms with Gasteiger partial charge in [-0.1, -0.05) is 13.8 Å². The summed E-state index contributed by atoms with van der Waals surface area (Å²) in [6.45, 7) is 3.32. The predicted molar refractivity (Wildman–Crippen MR) is 44.6 cm³/mol. The first kappa shape index (κ1) is 10.9. The molecule has 0 aliphatic heterocycles. The van der Waals surface area contributed by atoms with Gasteiger partial charge in [-0.05, 0) is 6.42 Å². The number of amides is 1. The van der Waals surface area contributed by atoms with Crippen molar-refractivity contribution in [2.24, 2.45) is 11.8 Å².